The summed E-state index contributed by atoms with van der Waals surface area (Å²) in [6.07, 6.45) is -2.12. The molecule has 3 rings (SSSR count). The zero-order chi connectivity index (χ0) is 18.0. The lowest BCUT2D eigenvalue weighted by Gasteiger charge is -2.39. The summed E-state index contributed by atoms with van der Waals surface area (Å²) in [7, 11) is 0. The quantitative estimate of drug-likeness (QED) is 0.914. The van der Waals surface area contributed by atoms with Crippen LogP contribution in [0.3, 0.4) is 0 Å². The second-order valence-electron chi connectivity index (χ2n) is 5.70. The minimum Gasteiger partial charge on any atom is -0.505 e. The Morgan fingerprint density at radius 3 is 2.52 bits per heavy atom. The van der Waals surface area contributed by atoms with E-state index in [0.717, 1.165) is 12.4 Å². The summed E-state index contributed by atoms with van der Waals surface area (Å²) >= 11 is 0. The van der Waals surface area contributed by atoms with Crippen LogP contribution in [0.4, 0.5) is 13.2 Å². The summed E-state index contributed by atoms with van der Waals surface area (Å²) < 4.78 is 41.3. The number of likely N-dealkylation sites (tertiary alicyclic amines) is 1. The smallest absolute Gasteiger partial charge is 0.505 e. The number of rotatable bonds is 4. The van der Waals surface area contributed by atoms with Gasteiger partial charge in [-0.15, -0.1) is 13.2 Å². The van der Waals surface area contributed by atoms with Gasteiger partial charge in [-0.1, -0.05) is 18.2 Å². The first-order valence-corrected chi connectivity index (χ1v) is 7.46. The highest BCUT2D eigenvalue weighted by Crippen LogP contribution is 2.30. The Hall–Kier alpha value is -2.84. The third-order valence-corrected chi connectivity index (χ3v) is 3.78. The molecule has 6 nitrogen and oxygen atoms in total. The standard InChI is InChI=1S/C16H14F3N3O3/c17-16(18,19)25-13-4-2-1-3-11(13)5-10-8-22(9-10)15(24)14-20-6-12(23)7-21-14/h1-4,6-7,10,23H,5,8-9H2. The van der Waals surface area contributed by atoms with Crippen molar-refractivity contribution in [2.24, 2.45) is 5.92 Å². The highest BCUT2D eigenvalue weighted by Gasteiger charge is 2.35. The molecule has 132 valence electrons. The molecule has 2 heterocycles. The van der Waals surface area contributed by atoms with Gasteiger partial charge in [-0.2, -0.15) is 0 Å². The Morgan fingerprint density at radius 1 is 1.24 bits per heavy atom. The maximum Gasteiger partial charge on any atom is 0.573 e. The fraction of sp³-hybridized carbons (Fsp3) is 0.312. The van der Waals surface area contributed by atoms with Crippen LogP contribution in [0.2, 0.25) is 0 Å². The highest BCUT2D eigenvalue weighted by molar-refractivity contribution is 5.91. The highest BCUT2D eigenvalue weighted by atomic mass is 19.4. The topological polar surface area (TPSA) is 75.5 Å². The van der Waals surface area contributed by atoms with Gasteiger partial charge in [-0.05, 0) is 24.0 Å². The molecule has 2 aromatic rings. The number of para-hydroxylation sites is 1. The molecular weight excluding hydrogens is 339 g/mol. The molecule has 1 aromatic heterocycles. The van der Waals surface area contributed by atoms with Crippen molar-refractivity contribution in [3.8, 4) is 11.5 Å². The van der Waals surface area contributed by atoms with Crippen LogP contribution in [-0.2, 0) is 6.42 Å². The van der Waals surface area contributed by atoms with Crippen molar-refractivity contribution in [2.45, 2.75) is 12.8 Å². The third kappa shape index (κ3) is 4.17. The van der Waals surface area contributed by atoms with Gasteiger partial charge in [-0.25, -0.2) is 9.97 Å². The van der Waals surface area contributed by atoms with Gasteiger partial charge in [0.05, 0.1) is 12.4 Å². The van der Waals surface area contributed by atoms with Crippen molar-refractivity contribution < 1.29 is 27.8 Å². The number of nitrogens with zero attached hydrogens (tertiary/aromatic N) is 3. The van der Waals surface area contributed by atoms with Crippen molar-refractivity contribution >= 4 is 5.91 Å². The van der Waals surface area contributed by atoms with Crippen LogP contribution in [-0.4, -0.2) is 45.3 Å². The summed E-state index contributed by atoms with van der Waals surface area (Å²) in [6.45, 7) is 0.785. The summed E-state index contributed by atoms with van der Waals surface area (Å²) in [5, 5.41) is 9.12. The van der Waals surface area contributed by atoms with E-state index in [1.54, 1.807) is 12.1 Å². The minimum absolute atomic E-state index is 0.0269. The number of hydrogen-bond acceptors (Lipinski definition) is 5. The lowest BCUT2D eigenvalue weighted by Crippen LogP contribution is -2.51. The first-order valence-electron chi connectivity index (χ1n) is 7.46. The fourth-order valence-electron chi connectivity index (χ4n) is 2.65. The molecule has 25 heavy (non-hydrogen) atoms. The SMILES string of the molecule is O=C(c1ncc(O)cn1)N1CC(Cc2ccccc2OC(F)(F)F)C1. The summed E-state index contributed by atoms with van der Waals surface area (Å²) in [5.41, 5.74) is 0.442. The number of ether oxygens (including phenoxy) is 1. The average Bonchev–Trinajstić information content (AvgIpc) is 2.50. The van der Waals surface area contributed by atoms with Gasteiger partial charge in [0.25, 0.3) is 5.91 Å². The monoisotopic (exact) mass is 353 g/mol. The molecule has 0 atom stereocenters. The van der Waals surface area contributed by atoms with Crippen LogP contribution in [0.5, 0.6) is 11.5 Å². The predicted molar refractivity (Wildman–Crippen MR) is 79.9 cm³/mol. The van der Waals surface area contributed by atoms with Crippen LogP contribution in [0, 0.1) is 5.92 Å². The predicted octanol–water partition coefficient (Wildman–Crippen LogP) is 2.40. The number of aromatic nitrogens is 2. The minimum atomic E-state index is -4.74. The molecule has 0 aliphatic carbocycles. The van der Waals surface area contributed by atoms with Gasteiger partial charge in [0, 0.05) is 13.1 Å². The second kappa shape index (κ2) is 6.58. The Balaban J connectivity index is 1.59. The number of halogens is 3. The molecular formula is C16H14F3N3O3. The van der Waals surface area contributed by atoms with E-state index in [0.29, 0.717) is 25.1 Å². The summed E-state index contributed by atoms with van der Waals surface area (Å²) in [5.74, 6) is -0.742. The van der Waals surface area contributed by atoms with Crippen molar-refractivity contribution in [1.82, 2.24) is 14.9 Å². The van der Waals surface area contributed by atoms with E-state index in [4.69, 9.17) is 5.11 Å². The van der Waals surface area contributed by atoms with Crippen LogP contribution in [0.1, 0.15) is 16.2 Å². The number of carbonyl (C=O) groups excluding carboxylic acids is 1. The molecule has 9 heteroatoms. The average molecular weight is 353 g/mol. The Bertz CT molecular complexity index is 759. The van der Waals surface area contributed by atoms with Crippen LogP contribution in [0.15, 0.2) is 36.7 Å². The summed E-state index contributed by atoms with van der Waals surface area (Å²) in [4.78, 5) is 21.1. The Morgan fingerprint density at radius 2 is 1.88 bits per heavy atom. The zero-order valence-corrected chi connectivity index (χ0v) is 12.9. The Kier molecular flexibility index (Phi) is 4.47. The van der Waals surface area contributed by atoms with Crippen molar-refractivity contribution in [2.75, 3.05) is 13.1 Å². The van der Waals surface area contributed by atoms with Crippen LogP contribution < -0.4 is 4.74 Å². The molecule has 0 spiro atoms. The molecule has 1 amide bonds. The van der Waals surface area contributed by atoms with Gasteiger partial charge >= 0.3 is 6.36 Å². The number of aromatic hydroxyl groups is 1. The van der Waals surface area contributed by atoms with E-state index in [1.807, 2.05) is 0 Å². The molecule has 0 bridgehead atoms. The fourth-order valence-corrected chi connectivity index (χ4v) is 2.65. The Labute approximate surface area is 140 Å². The van der Waals surface area contributed by atoms with E-state index in [-0.39, 0.29) is 29.1 Å². The van der Waals surface area contributed by atoms with E-state index in [9.17, 15) is 18.0 Å². The maximum absolute atomic E-state index is 12.4. The van der Waals surface area contributed by atoms with Gasteiger partial charge in [0.2, 0.25) is 5.82 Å². The van der Waals surface area contributed by atoms with E-state index in [1.165, 1.54) is 17.0 Å². The number of alkyl halides is 3. The second-order valence-corrected chi connectivity index (χ2v) is 5.70. The number of hydrogen-bond donors (Lipinski definition) is 1. The number of benzene rings is 1. The largest absolute Gasteiger partial charge is 0.573 e. The van der Waals surface area contributed by atoms with Gasteiger partial charge < -0.3 is 14.7 Å². The van der Waals surface area contributed by atoms with E-state index >= 15 is 0 Å². The molecule has 1 fully saturated rings. The third-order valence-electron chi connectivity index (χ3n) is 3.78. The van der Waals surface area contributed by atoms with Crippen molar-refractivity contribution in [3.05, 3.63) is 48.0 Å². The molecule has 1 saturated heterocycles. The first kappa shape index (κ1) is 17.0. The zero-order valence-electron chi connectivity index (χ0n) is 12.9. The lowest BCUT2D eigenvalue weighted by atomic mass is 9.91. The molecule has 1 aliphatic rings. The first-order chi connectivity index (χ1) is 11.8. The number of carbonyl (C=O) groups is 1. The molecule has 1 aliphatic heterocycles. The van der Waals surface area contributed by atoms with Crippen molar-refractivity contribution in [1.29, 1.82) is 0 Å². The maximum atomic E-state index is 12.4. The van der Waals surface area contributed by atoms with E-state index < -0.39 is 6.36 Å². The molecule has 0 saturated carbocycles. The normalized spacial score (nSPS) is 14.9. The summed E-state index contributed by atoms with van der Waals surface area (Å²) in [6, 6.07) is 5.97. The van der Waals surface area contributed by atoms with Crippen molar-refractivity contribution in [3.63, 3.8) is 0 Å². The van der Waals surface area contributed by atoms with Gasteiger partial charge in [0.15, 0.2) is 5.75 Å². The van der Waals surface area contributed by atoms with Gasteiger partial charge in [0.1, 0.15) is 5.75 Å². The molecule has 1 aromatic carbocycles. The van der Waals surface area contributed by atoms with Crippen LogP contribution in [0.25, 0.3) is 0 Å². The molecule has 1 N–H and O–H groups in total. The molecule has 0 unspecified atom stereocenters. The number of amides is 1. The van der Waals surface area contributed by atoms with Gasteiger partial charge in [-0.3, -0.25) is 4.79 Å². The molecule has 0 radical (unpaired) electrons. The lowest BCUT2D eigenvalue weighted by molar-refractivity contribution is -0.274. The van der Waals surface area contributed by atoms with E-state index in [2.05, 4.69) is 14.7 Å². The van der Waals surface area contributed by atoms with Crippen LogP contribution >= 0.6 is 0 Å².